The zero-order chi connectivity index (χ0) is 13.2. The predicted molar refractivity (Wildman–Crippen MR) is 76.7 cm³/mol. The molecule has 1 N–H and O–H groups in total. The van der Waals surface area contributed by atoms with Gasteiger partial charge in [0, 0.05) is 19.6 Å². The Bertz CT molecular complexity index is 255. The van der Waals surface area contributed by atoms with Gasteiger partial charge in [0.1, 0.15) is 0 Å². The number of nitrogens with zero attached hydrogens (tertiary/aromatic N) is 1. The van der Waals surface area contributed by atoms with Crippen molar-refractivity contribution in [1.29, 1.82) is 0 Å². The zero-order valence-corrected chi connectivity index (χ0v) is 12.5. The van der Waals surface area contributed by atoms with Crippen LogP contribution in [0.25, 0.3) is 0 Å². The SMILES string of the molecule is CC(C)(C)C1(O)CCN(CC2CCCCC2)CC1. The van der Waals surface area contributed by atoms with Crippen molar-refractivity contribution in [2.75, 3.05) is 19.6 Å². The Morgan fingerprint density at radius 2 is 1.61 bits per heavy atom. The maximum Gasteiger partial charge on any atom is 0.0720 e. The first kappa shape index (κ1) is 14.3. The molecule has 1 saturated carbocycles. The lowest BCUT2D eigenvalue weighted by atomic mass is 9.71. The molecule has 0 unspecified atom stereocenters. The summed E-state index contributed by atoms with van der Waals surface area (Å²) in [5, 5.41) is 10.7. The molecule has 2 rings (SSSR count). The third kappa shape index (κ3) is 3.27. The van der Waals surface area contributed by atoms with E-state index < -0.39 is 5.60 Å². The molecule has 0 aromatic rings. The topological polar surface area (TPSA) is 23.5 Å². The van der Waals surface area contributed by atoms with Crippen LogP contribution in [0.3, 0.4) is 0 Å². The number of piperidine rings is 1. The summed E-state index contributed by atoms with van der Waals surface area (Å²) in [5.41, 5.74) is -0.431. The molecule has 1 saturated heterocycles. The van der Waals surface area contributed by atoms with E-state index in [-0.39, 0.29) is 5.41 Å². The van der Waals surface area contributed by atoms with Gasteiger partial charge in [0.25, 0.3) is 0 Å². The first-order valence-corrected chi connectivity index (χ1v) is 7.85. The summed E-state index contributed by atoms with van der Waals surface area (Å²) in [4.78, 5) is 2.59. The second-order valence-corrected chi connectivity index (χ2v) is 7.59. The van der Waals surface area contributed by atoms with E-state index in [9.17, 15) is 5.11 Å². The Morgan fingerprint density at radius 3 is 2.11 bits per heavy atom. The van der Waals surface area contributed by atoms with E-state index >= 15 is 0 Å². The summed E-state index contributed by atoms with van der Waals surface area (Å²) in [5.74, 6) is 0.930. The summed E-state index contributed by atoms with van der Waals surface area (Å²) in [6.07, 6.45) is 9.07. The third-order valence-corrected chi connectivity index (χ3v) is 5.32. The van der Waals surface area contributed by atoms with Gasteiger partial charge < -0.3 is 10.0 Å². The van der Waals surface area contributed by atoms with Crippen LogP contribution in [0, 0.1) is 11.3 Å². The van der Waals surface area contributed by atoms with Gasteiger partial charge in [-0.15, -0.1) is 0 Å². The molecule has 106 valence electrons. The maximum absolute atomic E-state index is 10.7. The fourth-order valence-electron chi connectivity index (χ4n) is 3.59. The summed E-state index contributed by atoms with van der Waals surface area (Å²) in [6, 6.07) is 0. The summed E-state index contributed by atoms with van der Waals surface area (Å²) in [7, 11) is 0. The van der Waals surface area contributed by atoms with Crippen molar-refractivity contribution in [2.45, 2.75) is 71.3 Å². The van der Waals surface area contributed by atoms with Gasteiger partial charge in [0.15, 0.2) is 0 Å². The maximum atomic E-state index is 10.7. The van der Waals surface area contributed by atoms with Crippen molar-refractivity contribution in [2.24, 2.45) is 11.3 Å². The summed E-state index contributed by atoms with van der Waals surface area (Å²) in [6.45, 7) is 9.96. The van der Waals surface area contributed by atoms with Crippen LogP contribution in [0.4, 0.5) is 0 Å². The molecule has 0 aromatic carbocycles. The molecule has 0 bridgehead atoms. The number of likely N-dealkylation sites (tertiary alicyclic amines) is 1. The molecule has 2 aliphatic rings. The molecular weight excluding hydrogens is 222 g/mol. The Balaban J connectivity index is 1.79. The Hall–Kier alpha value is -0.0800. The van der Waals surface area contributed by atoms with Crippen molar-refractivity contribution in [3.05, 3.63) is 0 Å². The summed E-state index contributed by atoms with van der Waals surface area (Å²) < 4.78 is 0. The van der Waals surface area contributed by atoms with E-state index in [1.165, 1.54) is 38.6 Å². The number of hydrogen-bond acceptors (Lipinski definition) is 2. The minimum absolute atomic E-state index is 0.0178. The molecule has 0 spiro atoms. The van der Waals surface area contributed by atoms with E-state index in [0.717, 1.165) is 31.8 Å². The molecular formula is C16H31NO. The van der Waals surface area contributed by atoms with E-state index in [1.54, 1.807) is 0 Å². The van der Waals surface area contributed by atoms with Crippen LogP contribution in [0.15, 0.2) is 0 Å². The molecule has 18 heavy (non-hydrogen) atoms. The predicted octanol–water partition coefficient (Wildman–Crippen LogP) is 3.44. The van der Waals surface area contributed by atoms with Gasteiger partial charge in [0.2, 0.25) is 0 Å². The lowest BCUT2D eigenvalue weighted by Gasteiger charge is -2.47. The number of rotatable bonds is 2. The minimum atomic E-state index is -0.448. The van der Waals surface area contributed by atoms with E-state index in [0.29, 0.717) is 0 Å². The number of aliphatic hydroxyl groups is 1. The van der Waals surface area contributed by atoms with Crippen LogP contribution >= 0.6 is 0 Å². The standard InChI is InChI=1S/C16H31NO/c1-15(2,3)16(18)9-11-17(12-10-16)13-14-7-5-4-6-8-14/h14,18H,4-13H2,1-3H3. The Labute approximate surface area is 113 Å². The molecule has 1 aliphatic heterocycles. The largest absolute Gasteiger partial charge is 0.389 e. The van der Waals surface area contributed by atoms with Crippen molar-refractivity contribution in [3.8, 4) is 0 Å². The first-order chi connectivity index (χ1) is 8.41. The van der Waals surface area contributed by atoms with E-state index in [2.05, 4.69) is 25.7 Å². The quantitative estimate of drug-likeness (QED) is 0.815. The lowest BCUT2D eigenvalue weighted by molar-refractivity contribution is -0.100. The summed E-state index contributed by atoms with van der Waals surface area (Å²) >= 11 is 0. The van der Waals surface area contributed by atoms with Gasteiger partial charge in [-0.2, -0.15) is 0 Å². The van der Waals surface area contributed by atoms with Crippen molar-refractivity contribution in [3.63, 3.8) is 0 Å². The Morgan fingerprint density at radius 1 is 1.06 bits per heavy atom. The zero-order valence-electron chi connectivity index (χ0n) is 12.5. The van der Waals surface area contributed by atoms with Gasteiger partial charge in [-0.1, -0.05) is 40.0 Å². The van der Waals surface area contributed by atoms with Crippen LogP contribution in [0.2, 0.25) is 0 Å². The van der Waals surface area contributed by atoms with Crippen molar-refractivity contribution in [1.82, 2.24) is 4.90 Å². The van der Waals surface area contributed by atoms with Gasteiger partial charge in [0.05, 0.1) is 5.60 Å². The highest BCUT2D eigenvalue weighted by Gasteiger charge is 2.42. The minimum Gasteiger partial charge on any atom is -0.389 e. The second kappa shape index (κ2) is 5.50. The van der Waals surface area contributed by atoms with Crippen molar-refractivity contribution < 1.29 is 5.11 Å². The van der Waals surface area contributed by atoms with Gasteiger partial charge in [-0.05, 0) is 37.0 Å². The van der Waals surface area contributed by atoms with Crippen LogP contribution in [0.5, 0.6) is 0 Å². The van der Waals surface area contributed by atoms with Crippen LogP contribution in [0.1, 0.15) is 65.7 Å². The molecule has 1 heterocycles. The van der Waals surface area contributed by atoms with E-state index in [4.69, 9.17) is 0 Å². The normalized spacial score (nSPS) is 27.3. The van der Waals surface area contributed by atoms with Crippen molar-refractivity contribution >= 4 is 0 Å². The highest BCUT2D eigenvalue weighted by molar-refractivity contribution is 4.95. The first-order valence-electron chi connectivity index (χ1n) is 7.85. The molecule has 2 nitrogen and oxygen atoms in total. The smallest absolute Gasteiger partial charge is 0.0720 e. The highest BCUT2D eigenvalue weighted by Crippen LogP contribution is 2.39. The van der Waals surface area contributed by atoms with Crippen LogP contribution in [-0.2, 0) is 0 Å². The number of hydrogen-bond donors (Lipinski definition) is 1. The monoisotopic (exact) mass is 253 g/mol. The van der Waals surface area contributed by atoms with E-state index in [1.807, 2.05) is 0 Å². The fourth-order valence-corrected chi connectivity index (χ4v) is 3.59. The molecule has 0 radical (unpaired) electrons. The fraction of sp³-hybridized carbons (Fsp3) is 1.00. The highest BCUT2D eigenvalue weighted by atomic mass is 16.3. The average Bonchev–Trinajstić information content (AvgIpc) is 2.32. The van der Waals surface area contributed by atoms with Gasteiger partial charge in [-0.3, -0.25) is 0 Å². The van der Waals surface area contributed by atoms with Crippen LogP contribution in [-0.4, -0.2) is 35.2 Å². The molecule has 0 aromatic heterocycles. The molecule has 0 atom stereocenters. The van der Waals surface area contributed by atoms with Gasteiger partial charge in [-0.25, -0.2) is 0 Å². The molecule has 2 fully saturated rings. The second-order valence-electron chi connectivity index (χ2n) is 7.59. The Kier molecular flexibility index (Phi) is 4.38. The van der Waals surface area contributed by atoms with Crippen LogP contribution < -0.4 is 0 Å². The average molecular weight is 253 g/mol. The third-order valence-electron chi connectivity index (χ3n) is 5.32. The van der Waals surface area contributed by atoms with Gasteiger partial charge >= 0.3 is 0 Å². The molecule has 2 heteroatoms. The molecule has 0 amide bonds. The molecule has 1 aliphatic carbocycles. The lowest BCUT2D eigenvalue weighted by Crippen LogP contribution is -2.52.